The molecule has 1 saturated heterocycles. The van der Waals surface area contributed by atoms with E-state index in [1.807, 2.05) is 4.90 Å². The monoisotopic (exact) mass is 418 g/mol. The third kappa shape index (κ3) is 3.87. The lowest BCUT2D eigenvalue weighted by atomic mass is 9.89. The van der Waals surface area contributed by atoms with Crippen LogP contribution in [0, 0.1) is 17.1 Å². The number of halogens is 1. The number of hydrogen-bond donors (Lipinski definition) is 0. The summed E-state index contributed by atoms with van der Waals surface area (Å²) in [4.78, 5) is 5.94. The lowest BCUT2D eigenvalue weighted by Gasteiger charge is -2.33. The maximum Gasteiger partial charge on any atom is 0.246 e. The molecule has 2 aromatic rings. The number of aromatic nitrogens is 1. The van der Waals surface area contributed by atoms with Gasteiger partial charge in [-0.25, -0.2) is 17.8 Å². The minimum Gasteiger partial charge on any atom is -0.423 e. The fraction of sp³-hybridized carbons (Fsp3) is 0.500. The Labute approximate surface area is 169 Å². The Morgan fingerprint density at radius 3 is 2.45 bits per heavy atom. The first-order valence-electron chi connectivity index (χ1n) is 9.91. The summed E-state index contributed by atoms with van der Waals surface area (Å²) in [6, 6.07) is 7.49. The number of nitrogens with zero attached hydrogens (tertiary/aromatic N) is 4. The maximum atomic E-state index is 14.0. The number of sulfonamides is 1. The summed E-state index contributed by atoms with van der Waals surface area (Å²) in [6.07, 6.45) is 5.51. The van der Waals surface area contributed by atoms with Crippen molar-refractivity contribution in [3.63, 3.8) is 0 Å². The molecular weight excluding hydrogens is 395 g/mol. The Kier molecular flexibility index (Phi) is 5.56. The van der Waals surface area contributed by atoms with Gasteiger partial charge in [0.05, 0.1) is 0 Å². The van der Waals surface area contributed by atoms with E-state index in [1.165, 1.54) is 28.9 Å². The highest BCUT2D eigenvalue weighted by Crippen LogP contribution is 2.35. The van der Waals surface area contributed by atoms with E-state index >= 15 is 0 Å². The van der Waals surface area contributed by atoms with Gasteiger partial charge in [-0.05, 0) is 25.0 Å². The molecule has 7 nitrogen and oxygen atoms in total. The number of rotatable bonds is 4. The topological polar surface area (TPSA) is 90.4 Å². The quantitative estimate of drug-likeness (QED) is 0.757. The van der Waals surface area contributed by atoms with Gasteiger partial charge >= 0.3 is 0 Å². The van der Waals surface area contributed by atoms with E-state index in [0.717, 1.165) is 31.7 Å². The van der Waals surface area contributed by atoms with Gasteiger partial charge in [0.1, 0.15) is 16.8 Å². The summed E-state index contributed by atoms with van der Waals surface area (Å²) in [5.74, 6) is 0.509. The predicted molar refractivity (Wildman–Crippen MR) is 104 cm³/mol. The Balaban J connectivity index is 1.49. The van der Waals surface area contributed by atoms with Crippen LogP contribution in [-0.2, 0) is 10.0 Å². The number of piperazine rings is 1. The van der Waals surface area contributed by atoms with Crippen molar-refractivity contribution < 1.29 is 17.2 Å². The van der Waals surface area contributed by atoms with E-state index in [4.69, 9.17) is 4.42 Å². The molecule has 0 amide bonds. The van der Waals surface area contributed by atoms with Crippen LogP contribution in [0.1, 0.15) is 49.6 Å². The average Bonchev–Trinajstić information content (AvgIpc) is 3.19. The van der Waals surface area contributed by atoms with E-state index < -0.39 is 15.8 Å². The molecule has 9 heteroatoms. The number of oxazole rings is 1. The van der Waals surface area contributed by atoms with E-state index in [9.17, 15) is 18.1 Å². The van der Waals surface area contributed by atoms with Crippen LogP contribution >= 0.6 is 0 Å². The van der Waals surface area contributed by atoms with Gasteiger partial charge in [0.25, 0.3) is 0 Å². The molecule has 0 radical (unpaired) electrons. The zero-order valence-corrected chi connectivity index (χ0v) is 16.9. The number of anilines is 1. The molecule has 1 aliphatic carbocycles. The van der Waals surface area contributed by atoms with Gasteiger partial charge in [0.15, 0.2) is 0 Å². The summed E-state index contributed by atoms with van der Waals surface area (Å²) in [5, 5.41) is 9.47. The highest BCUT2D eigenvalue weighted by molar-refractivity contribution is 7.89. The highest BCUT2D eigenvalue weighted by atomic mass is 32.2. The van der Waals surface area contributed by atoms with E-state index in [1.54, 1.807) is 0 Å². The molecule has 29 heavy (non-hydrogen) atoms. The standard InChI is InChI=1S/C20H23FN4O3S/c21-16-8-4-5-9-18(16)29(26,27)25-12-10-24(11-13-25)20-17(14-22)23-19(28-20)15-6-2-1-3-7-15/h4-5,8-9,15H,1-3,6-7,10-13H2. The number of hydrogen-bond acceptors (Lipinski definition) is 6. The smallest absolute Gasteiger partial charge is 0.246 e. The van der Waals surface area contributed by atoms with Crippen LogP contribution in [0.25, 0.3) is 0 Å². The molecule has 1 aromatic carbocycles. The van der Waals surface area contributed by atoms with Crippen LogP contribution in [0.2, 0.25) is 0 Å². The largest absolute Gasteiger partial charge is 0.423 e. The fourth-order valence-electron chi connectivity index (χ4n) is 4.06. The first kappa shape index (κ1) is 19.9. The minimum atomic E-state index is -3.91. The van der Waals surface area contributed by atoms with Gasteiger partial charge in [-0.2, -0.15) is 9.57 Å². The van der Waals surface area contributed by atoms with Crippen molar-refractivity contribution in [1.82, 2.24) is 9.29 Å². The predicted octanol–water partition coefficient (Wildman–Crippen LogP) is 3.24. The van der Waals surface area contributed by atoms with Crippen molar-refractivity contribution in [2.24, 2.45) is 0 Å². The summed E-state index contributed by atoms with van der Waals surface area (Å²) < 4.78 is 46.8. The third-order valence-corrected chi connectivity index (χ3v) is 7.60. The van der Waals surface area contributed by atoms with Crippen LogP contribution in [0.3, 0.4) is 0 Å². The van der Waals surface area contributed by atoms with Gasteiger partial charge in [0.2, 0.25) is 27.5 Å². The molecule has 0 unspecified atom stereocenters. The first-order valence-corrected chi connectivity index (χ1v) is 11.3. The second kappa shape index (κ2) is 8.13. The van der Waals surface area contributed by atoms with Crippen LogP contribution in [0.5, 0.6) is 0 Å². The normalized spacial score (nSPS) is 19.2. The van der Waals surface area contributed by atoms with Crippen LogP contribution in [-0.4, -0.2) is 43.9 Å². The Morgan fingerprint density at radius 2 is 1.79 bits per heavy atom. The first-order chi connectivity index (χ1) is 14.0. The molecule has 154 valence electrons. The average molecular weight is 418 g/mol. The highest BCUT2D eigenvalue weighted by Gasteiger charge is 2.33. The fourth-order valence-corrected chi connectivity index (χ4v) is 5.55. The van der Waals surface area contributed by atoms with Gasteiger partial charge in [-0.3, -0.25) is 0 Å². The van der Waals surface area contributed by atoms with Gasteiger partial charge in [-0.1, -0.05) is 31.4 Å². The summed E-state index contributed by atoms with van der Waals surface area (Å²) in [5.41, 5.74) is 0.246. The summed E-state index contributed by atoms with van der Waals surface area (Å²) in [6.45, 7) is 1.06. The lowest BCUT2D eigenvalue weighted by Crippen LogP contribution is -2.48. The zero-order chi connectivity index (χ0) is 20.4. The van der Waals surface area contributed by atoms with Gasteiger partial charge < -0.3 is 9.32 Å². The van der Waals surface area contributed by atoms with Crippen LogP contribution in [0.15, 0.2) is 33.6 Å². The van der Waals surface area contributed by atoms with Crippen molar-refractivity contribution in [1.29, 1.82) is 5.26 Å². The molecule has 0 bridgehead atoms. The molecule has 1 aliphatic heterocycles. The zero-order valence-electron chi connectivity index (χ0n) is 16.1. The Bertz CT molecular complexity index is 1020. The van der Waals surface area contributed by atoms with Crippen molar-refractivity contribution in [2.75, 3.05) is 31.1 Å². The minimum absolute atomic E-state index is 0.182. The molecule has 2 fully saturated rings. The molecule has 2 aliphatic rings. The number of nitriles is 1. The second-order valence-corrected chi connectivity index (χ2v) is 9.38. The second-order valence-electron chi connectivity index (χ2n) is 7.47. The molecule has 4 rings (SSSR count). The van der Waals surface area contributed by atoms with E-state index in [-0.39, 0.29) is 29.6 Å². The van der Waals surface area contributed by atoms with Crippen molar-refractivity contribution in [3.05, 3.63) is 41.7 Å². The molecule has 1 saturated carbocycles. The third-order valence-electron chi connectivity index (χ3n) is 5.67. The maximum absolute atomic E-state index is 14.0. The van der Waals surface area contributed by atoms with Gasteiger partial charge in [0, 0.05) is 32.1 Å². The molecule has 0 spiro atoms. The Morgan fingerprint density at radius 1 is 1.10 bits per heavy atom. The van der Waals surface area contributed by atoms with Crippen molar-refractivity contribution in [3.8, 4) is 6.07 Å². The molecule has 0 atom stereocenters. The molecular formula is C20H23FN4O3S. The lowest BCUT2D eigenvalue weighted by molar-refractivity contribution is 0.347. The van der Waals surface area contributed by atoms with Gasteiger partial charge in [-0.15, -0.1) is 0 Å². The Hall–Kier alpha value is -2.44. The van der Waals surface area contributed by atoms with Crippen molar-refractivity contribution >= 4 is 15.9 Å². The molecule has 0 N–H and O–H groups in total. The summed E-state index contributed by atoms with van der Waals surface area (Å²) >= 11 is 0. The molecule has 2 heterocycles. The molecule has 1 aromatic heterocycles. The summed E-state index contributed by atoms with van der Waals surface area (Å²) in [7, 11) is -3.91. The van der Waals surface area contributed by atoms with E-state index in [2.05, 4.69) is 11.1 Å². The van der Waals surface area contributed by atoms with Crippen LogP contribution in [0.4, 0.5) is 10.3 Å². The number of benzene rings is 1. The van der Waals surface area contributed by atoms with E-state index in [0.29, 0.717) is 24.9 Å². The van der Waals surface area contributed by atoms with Crippen LogP contribution < -0.4 is 4.90 Å². The van der Waals surface area contributed by atoms with Crippen molar-refractivity contribution in [2.45, 2.75) is 42.9 Å². The SMILES string of the molecule is N#Cc1nc(C2CCCCC2)oc1N1CCN(S(=O)(=O)c2ccccc2F)CC1.